The number of amides is 1. The molecule has 1 fully saturated rings. The highest BCUT2D eigenvalue weighted by atomic mass is 19.1. The van der Waals surface area contributed by atoms with Gasteiger partial charge in [0.1, 0.15) is 5.82 Å². The van der Waals surface area contributed by atoms with Gasteiger partial charge in [-0.25, -0.2) is 4.39 Å². The van der Waals surface area contributed by atoms with Crippen molar-refractivity contribution in [3.63, 3.8) is 0 Å². The Balaban J connectivity index is 1.72. The van der Waals surface area contributed by atoms with Crippen LogP contribution in [0.1, 0.15) is 45.1 Å². The molecule has 0 spiro atoms. The average molecular weight is 362 g/mol. The molecule has 1 aliphatic carbocycles. The van der Waals surface area contributed by atoms with Crippen LogP contribution in [0.3, 0.4) is 0 Å². The van der Waals surface area contributed by atoms with E-state index in [2.05, 4.69) is 27.9 Å². The van der Waals surface area contributed by atoms with Crippen molar-refractivity contribution in [1.82, 2.24) is 16.0 Å². The molecule has 0 bridgehead atoms. The first-order chi connectivity index (χ1) is 12.6. The summed E-state index contributed by atoms with van der Waals surface area (Å²) in [4.78, 5) is 16.5. The monoisotopic (exact) mass is 362 g/mol. The molecule has 6 heteroatoms. The van der Waals surface area contributed by atoms with Gasteiger partial charge < -0.3 is 16.0 Å². The zero-order valence-electron chi connectivity index (χ0n) is 15.9. The van der Waals surface area contributed by atoms with Crippen molar-refractivity contribution in [1.29, 1.82) is 0 Å². The van der Waals surface area contributed by atoms with E-state index in [1.165, 1.54) is 37.8 Å². The van der Waals surface area contributed by atoms with Crippen LogP contribution in [0.15, 0.2) is 29.3 Å². The second kappa shape index (κ2) is 10.8. The largest absolute Gasteiger partial charge is 0.357 e. The van der Waals surface area contributed by atoms with Crippen LogP contribution in [0.2, 0.25) is 0 Å². The van der Waals surface area contributed by atoms with Crippen molar-refractivity contribution < 1.29 is 9.18 Å². The molecule has 1 saturated carbocycles. The Kier molecular flexibility index (Phi) is 8.38. The third-order valence-corrected chi connectivity index (χ3v) is 4.66. The summed E-state index contributed by atoms with van der Waals surface area (Å²) in [5.74, 6) is 1.19. The third kappa shape index (κ3) is 7.42. The van der Waals surface area contributed by atoms with Crippen LogP contribution in [0, 0.1) is 11.7 Å². The van der Waals surface area contributed by atoms with Crippen LogP contribution in [-0.4, -0.2) is 37.5 Å². The molecule has 1 aromatic rings. The van der Waals surface area contributed by atoms with Crippen LogP contribution in [0.5, 0.6) is 0 Å². The lowest BCUT2D eigenvalue weighted by Crippen LogP contribution is -2.45. The number of aliphatic imine (C=N–C) groups is 1. The molecule has 1 aliphatic rings. The standard InChI is InChI=1S/C20H31FN4O/c1-3-22-20(25-18-9-7-15(2)8-10-18)24-12-11-23-19(26)14-16-5-4-6-17(21)13-16/h4-6,13,15,18H,3,7-12,14H2,1-2H3,(H,23,26)(H2,22,24,25). The summed E-state index contributed by atoms with van der Waals surface area (Å²) in [5.41, 5.74) is 0.674. The maximum Gasteiger partial charge on any atom is 0.224 e. The van der Waals surface area contributed by atoms with E-state index in [4.69, 9.17) is 0 Å². The highest BCUT2D eigenvalue weighted by Gasteiger charge is 2.18. The minimum Gasteiger partial charge on any atom is -0.357 e. The Morgan fingerprint density at radius 1 is 1.23 bits per heavy atom. The van der Waals surface area contributed by atoms with Crippen LogP contribution in [0.25, 0.3) is 0 Å². The smallest absolute Gasteiger partial charge is 0.224 e. The number of rotatable bonds is 7. The number of carbonyl (C=O) groups excluding carboxylic acids is 1. The molecule has 1 aromatic carbocycles. The molecular weight excluding hydrogens is 331 g/mol. The number of carbonyl (C=O) groups is 1. The SMILES string of the molecule is CCNC(=NCCNC(=O)Cc1cccc(F)c1)NC1CCC(C)CC1. The van der Waals surface area contributed by atoms with E-state index in [9.17, 15) is 9.18 Å². The van der Waals surface area contributed by atoms with Crippen LogP contribution < -0.4 is 16.0 Å². The molecular formula is C20H31FN4O. The van der Waals surface area contributed by atoms with Gasteiger partial charge in [-0.3, -0.25) is 9.79 Å². The first-order valence-electron chi connectivity index (χ1n) is 9.62. The van der Waals surface area contributed by atoms with Crippen molar-refractivity contribution in [2.75, 3.05) is 19.6 Å². The first-order valence-corrected chi connectivity index (χ1v) is 9.62. The van der Waals surface area contributed by atoms with Gasteiger partial charge in [-0.05, 0) is 56.2 Å². The third-order valence-electron chi connectivity index (χ3n) is 4.66. The zero-order valence-corrected chi connectivity index (χ0v) is 15.9. The molecule has 5 nitrogen and oxygen atoms in total. The molecule has 0 aliphatic heterocycles. The van der Waals surface area contributed by atoms with Gasteiger partial charge in [0.25, 0.3) is 0 Å². The maximum atomic E-state index is 13.1. The predicted octanol–water partition coefficient (Wildman–Crippen LogP) is 2.62. The number of halogens is 1. The summed E-state index contributed by atoms with van der Waals surface area (Å²) in [7, 11) is 0. The van der Waals surface area contributed by atoms with E-state index in [1.54, 1.807) is 12.1 Å². The number of nitrogens with one attached hydrogen (secondary N) is 3. The minimum absolute atomic E-state index is 0.120. The van der Waals surface area contributed by atoms with Gasteiger partial charge in [-0.15, -0.1) is 0 Å². The Labute approximate surface area is 155 Å². The lowest BCUT2D eigenvalue weighted by molar-refractivity contribution is -0.120. The molecule has 3 N–H and O–H groups in total. The first kappa shape index (κ1) is 20.2. The van der Waals surface area contributed by atoms with Crippen molar-refractivity contribution in [3.05, 3.63) is 35.6 Å². The lowest BCUT2D eigenvalue weighted by Gasteiger charge is -2.28. The molecule has 0 unspecified atom stereocenters. The van der Waals surface area contributed by atoms with E-state index >= 15 is 0 Å². The highest BCUT2D eigenvalue weighted by molar-refractivity contribution is 5.80. The summed E-state index contributed by atoms with van der Waals surface area (Å²) in [6.07, 6.45) is 5.05. The fourth-order valence-electron chi connectivity index (χ4n) is 3.18. The fourth-order valence-corrected chi connectivity index (χ4v) is 3.18. The van der Waals surface area contributed by atoms with E-state index in [0.29, 0.717) is 24.7 Å². The number of hydrogen-bond donors (Lipinski definition) is 3. The molecule has 0 aromatic heterocycles. The molecule has 0 radical (unpaired) electrons. The molecule has 26 heavy (non-hydrogen) atoms. The van der Waals surface area contributed by atoms with Gasteiger partial charge in [0.2, 0.25) is 5.91 Å². The summed E-state index contributed by atoms with van der Waals surface area (Å²) in [6.45, 7) is 6.13. The Bertz CT molecular complexity index is 597. The second-order valence-corrected chi connectivity index (χ2v) is 7.02. The van der Waals surface area contributed by atoms with Gasteiger partial charge in [0.15, 0.2) is 5.96 Å². The fraction of sp³-hybridized carbons (Fsp3) is 0.600. The molecule has 1 amide bonds. The second-order valence-electron chi connectivity index (χ2n) is 7.02. The summed E-state index contributed by atoms with van der Waals surface area (Å²) >= 11 is 0. The Morgan fingerprint density at radius 2 is 2.00 bits per heavy atom. The van der Waals surface area contributed by atoms with Crippen molar-refractivity contribution in [2.24, 2.45) is 10.9 Å². The Hall–Kier alpha value is -2.11. The molecule has 0 atom stereocenters. The molecule has 144 valence electrons. The van der Waals surface area contributed by atoms with E-state index in [0.717, 1.165) is 18.4 Å². The van der Waals surface area contributed by atoms with E-state index in [-0.39, 0.29) is 18.1 Å². The van der Waals surface area contributed by atoms with Crippen molar-refractivity contribution >= 4 is 11.9 Å². The van der Waals surface area contributed by atoms with Gasteiger partial charge in [0, 0.05) is 19.1 Å². The average Bonchev–Trinajstić information content (AvgIpc) is 2.61. The summed E-state index contributed by atoms with van der Waals surface area (Å²) in [6, 6.07) is 6.60. The number of benzene rings is 1. The van der Waals surface area contributed by atoms with Crippen LogP contribution >= 0.6 is 0 Å². The quantitative estimate of drug-likeness (QED) is 0.397. The number of hydrogen-bond acceptors (Lipinski definition) is 2. The van der Waals surface area contributed by atoms with Gasteiger partial charge in [0.05, 0.1) is 13.0 Å². The normalized spacial score (nSPS) is 20.5. The van der Waals surface area contributed by atoms with Gasteiger partial charge in [-0.2, -0.15) is 0 Å². The van der Waals surface area contributed by atoms with Crippen molar-refractivity contribution in [3.8, 4) is 0 Å². The maximum absolute atomic E-state index is 13.1. The zero-order chi connectivity index (χ0) is 18.8. The van der Waals surface area contributed by atoms with Gasteiger partial charge >= 0.3 is 0 Å². The minimum atomic E-state index is -0.321. The van der Waals surface area contributed by atoms with Gasteiger partial charge in [-0.1, -0.05) is 19.1 Å². The molecule has 0 saturated heterocycles. The number of nitrogens with zero attached hydrogens (tertiary/aromatic N) is 1. The highest BCUT2D eigenvalue weighted by Crippen LogP contribution is 2.23. The van der Waals surface area contributed by atoms with Crippen LogP contribution in [0.4, 0.5) is 4.39 Å². The number of guanidine groups is 1. The molecule has 2 rings (SSSR count). The van der Waals surface area contributed by atoms with E-state index in [1.807, 2.05) is 6.92 Å². The van der Waals surface area contributed by atoms with E-state index < -0.39 is 0 Å². The predicted molar refractivity (Wildman–Crippen MR) is 104 cm³/mol. The summed E-state index contributed by atoms with van der Waals surface area (Å²) in [5, 5.41) is 9.59. The molecule has 0 heterocycles. The van der Waals surface area contributed by atoms with Crippen LogP contribution in [-0.2, 0) is 11.2 Å². The topological polar surface area (TPSA) is 65.5 Å². The summed E-state index contributed by atoms with van der Waals surface area (Å²) < 4.78 is 13.1. The lowest BCUT2D eigenvalue weighted by atomic mass is 9.87. The Morgan fingerprint density at radius 3 is 2.69 bits per heavy atom. The van der Waals surface area contributed by atoms with Crippen molar-refractivity contribution in [2.45, 2.75) is 52.0 Å².